The van der Waals surface area contributed by atoms with Gasteiger partial charge in [0.15, 0.2) is 0 Å². The van der Waals surface area contributed by atoms with E-state index in [4.69, 9.17) is 11.0 Å². The highest BCUT2D eigenvalue weighted by molar-refractivity contribution is 5.20. The Labute approximate surface area is 122 Å². The molecule has 3 nitrogen and oxygen atoms in total. The van der Waals surface area contributed by atoms with Gasteiger partial charge in [-0.05, 0) is 37.9 Å². The fraction of sp³-hybridized carbons (Fsp3) is 0.588. The number of nitrogens with two attached hydrogens (primary N) is 1. The molecule has 1 aromatic rings. The average molecular weight is 271 g/mol. The van der Waals surface area contributed by atoms with Crippen LogP contribution < -0.4 is 5.73 Å². The van der Waals surface area contributed by atoms with Crippen LogP contribution in [0.5, 0.6) is 0 Å². The fourth-order valence-electron chi connectivity index (χ4n) is 3.49. The zero-order valence-corrected chi connectivity index (χ0v) is 12.3. The third-order valence-electron chi connectivity index (χ3n) is 4.66. The largest absolute Gasteiger partial charge is 0.330 e. The summed E-state index contributed by atoms with van der Waals surface area (Å²) in [6.45, 7) is 0.753. The summed E-state index contributed by atoms with van der Waals surface area (Å²) in [6.07, 6.45) is 5.53. The average Bonchev–Trinajstić information content (AvgIpc) is 2.52. The number of hydrogen-bond acceptors (Lipinski definition) is 3. The van der Waals surface area contributed by atoms with E-state index in [1.54, 1.807) is 0 Å². The lowest BCUT2D eigenvalue weighted by atomic mass is 9.82. The summed E-state index contributed by atoms with van der Waals surface area (Å²) in [5, 5.41) is 9.17. The van der Waals surface area contributed by atoms with E-state index >= 15 is 0 Å². The Morgan fingerprint density at radius 3 is 2.65 bits per heavy atom. The van der Waals surface area contributed by atoms with Gasteiger partial charge in [-0.25, -0.2) is 0 Å². The zero-order chi connectivity index (χ0) is 14.4. The van der Waals surface area contributed by atoms with Crippen LogP contribution in [0.1, 0.15) is 43.7 Å². The molecule has 3 atom stereocenters. The molecule has 0 aromatic heterocycles. The number of nitriles is 1. The van der Waals surface area contributed by atoms with Gasteiger partial charge in [0.2, 0.25) is 0 Å². The molecule has 108 valence electrons. The molecule has 1 aromatic carbocycles. The maximum atomic E-state index is 9.17. The molecular formula is C17H25N3. The lowest BCUT2D eigenvalue weighted by molar-refractivity contribution is 0.0931. The zero-order valence-electron chi connectivity index (χ0n) is 12.3. The van der Waals surface area contributed by atoms with Crippen LogP contribution in [0.4, 0.5) is 0 Å². The second-order valence-corrected chi connectivity index (χ2v) is 5.80. The predicted molar refractivity (Wildman–Crippen MR) is 82.0 cm³/mol. The molecule has 2 rings (SSSR count). The first kappa shape index (κ1) is 15.0. The van der Waals surface area contributed by atoms with E-state index in [0.717, 1.165) is 6.54 Å². The van der Waals surface area contributed by atoms with Crippen molar-refractivity contribution in [1.82, 2.24) is 4.90 Å². The molecule has 1 aliphatic carbocycles. The standard InChI is InChI=1S/C17H25N3/c1-20(16-10-6-5-9-15(16)13-19)17(11-12-18)14-7-3-2-4-8-14/h2-4,7-8,15-17H,5-6,9-11,13,19H2,1H3. The molecule has 0 bridgehead atoms. The van der Waals surface area contributed by atoms with Crippen molar-refractivity contribution in [3.05, 3.63) is 35.9 Å². The highest BCUT2D eigenvalue weighted by atomic mass is 15.2. The Morgan fingerprint density at radius 2 is 2.00 bits per heavy atom. The first-order valence-electron chi connectivity index (χ1n) is 7.61. The molecule has 1 fully saturated rings. The Balaban J connectivity index is 2.18. The Kier molecular flexibility index (Phi) is 5.58. The molecule has 0 heterocycles. The van der Waals surface area contributed by atoms with Crippen LogP contribution in [-0.4, -0.2) is 24.5 Å². The lowest BCUT2D eigenvalue weighted by Crippen LogP contribution is -2.44. The van der Waals surface area contributed by atoms with Crippen LogP contribution >= 0.6 is 0 Å². The molecule has 0 amide bonds. The van der Waals surface area contributed by atoms with Crippen LogP contribution in [0, 0.1) is 17.2 Å². The molecule has 1 aliphatic rings. The molecule has 20 heavy (non-hydrogen) atoms. The minimum absolute atomic E-state index is 0.179. The van der Waals surface area contributed by atoms with E-state index in [-0.39, 0.29) is 6.04 Å². The van der Waals surface area contributed by atoms with Crippen LogP contribution in [0.25, 0.3) is 0 Å². The highest BCUT2D eigenvalue weighted by Crippen LogP contribution is 2.33. The molecule has 2 N–H and O–H groups in total. The van der Waals surface area contributed by atoms with Crippen molar-refractivity contribution in [3.8, 4) is 6.07 Å². The molecule has 0 spiro atoms. The SMILES string of the molecule is CN(C(CC#N)c1ccccc1)C1CCCCC1CN. The van der Waals surface area contributed by atoms with Crippen molar-refractivity contribution in [1.29, 1.82) is 5.26 Å². The summed E-state index contributed by atoms with van der Waals surface area (Å²) in [5.74, 6) is 0.568. The number of rotatable bonds is 5. The molecule has 0 saturated heterocycles. The summed E-state index contributed by atoms with van der Waals surface area (Å²) in [6, 6.07) is 13.4. The van der Waals surface area contributed by atoms with Gasteiger partial charge in [0.1, 0.15) is 0 Å². The van der Waals surface area contributed by atoms with Crippen molar-refractivity contribution in [2.45, 2.75) is 44.2 Å². The van der Waals surface area contributed by atoms with E-state index in [0.29, 0.717) is 18.4 Å². The maximum absolute atomic E-state index is 9.17. The third-order valence-corrected chi connectivity index (χ3v) is 4.66. The van der Waals surface area contributed by atoms with E-state index in [2.05, 4.69) is 42.3 Å². The van der Waals surface area contributed by atoms with Gasteiger partial charge < -0.3 is 5.73 Å². The normalized spacial score (nSPS) is 24.3. The highest BCUT2D eigenvalue weighted by Gasteiger charge is 2.31. The summed E-state index contributed by atoms with van der Waals surface area (Å²) >= 11 is 0. The molecule has 1 saturated carbocycles. The van der Waals surface area contributed by atoms with E-state index in [1.807, 2.05) is 6.07 Å². The summed E-state index contributed by atoms with van der Waals surface area (Å²) in [4.78, 5) is 2.40. The van der Waals surface area contributed by atoms with Gasteiger partial charge in [0.25, 0.3) is 0 Å². The van der Waals surface area contributed by atoms with Crippen molar-refractivity contribution in [2.24, 2.45) is 11.7 Å². The Morgan fingerprint density at radius 1 is 1.30 bits per heavy atom. The second kappa shape index (κ2) is 7.42. The van der Waals surface area contributed by atoms with E-state index in [1.165, 1.54) is 31.2 Å². The van der Waals surface area contributed by atoms with Crippen LogP contribution in [0.15, 0.2) is 30.3 Å². The Hall–Kier alpha value is -1.37. The van der Waals surface area contributed by atoms with Crippen molar-refractivity contribution < 1.29 is 0 Å². The van der Waals surface area contributed by atoms with Gasteiger partial charge in [-0.1, -0.05) is 43.2 Å². The van der Waals surface area contributed by atoms with Crippen LogP contribution in [0.3, 0.4) is 0 Å². The van der Waals surface area contributed by atoms with Gasteiger partial charge in [-0.3, -0.25) is 4.90 Å². The topological polar surface area (TPSA) is 53.0 Å². The van der Waals surface area contributed by atoms with E-state index in [9.17, 15) is 0 Å². The second-order valence-electron chi connectivity index (χ2n) is 5.80. The summed E-state index contributed by atoms with van der Waals surface area (Å²) in [5.41, 5.74) is 7.19. The van der Waals surface area contributed by atoms with Gasteiger partial charge in [-0.2, -0.15) is 5.26 Å². The molecule has 3 heteroatoms. The van der Waals surface area contributed by atoms with Gasteiger partial charge in [0, 0.05) is 12.1 Å². The minimum Gasteiger partial charge on any atom is -0.330 e. The molecule has 0 radical (unpaired) electrons. The van der Waals surface area contributed by atoms with Crippen molar-refractivity contribution in [2.75, 3.05) is 13.6 Å². The first-order chi connectivity index (χ1) is 9.77. The van der Waals surface area contributed by atoms with Crippen LogP contribution in [0.2, 0.25) is 0 Å². The molecule has 3 unspecified atom stereocenters. The van der Waals surface area contributed by atoms with Gasteiger partial charge in [0.05, 0.1) is 12.5 Å². The Bertz CT molecular complexity index is 437. The monoisotopic (exact) mass is 271 g/mol. The number of hydrogen-bond donors (Lipinski definition) is 1. The number of nitrogens with zero attached hydrogens (tertiary/aromatic N) is 2. The van der Waals surface area contributed by atoms with Gasteiger partial charge in [-0.15, -0.1) is 0 Å². The third kappa shape index (κ3) is 3.39. The first-order valence-corrected chi connectivity index (χ1v) is 7.61. The fourth-order valence-corrected chi connectivity index (χ4v) is 3.49. The summed E-state index contributed by atoms with van der Waals surface area (Å²) in [7, 11) is 2.16. The van der Waals surface area contributed by atoms with E-state index < -0.39 is 0 Å². The predicted octanol–water partition coefficient (Wildman–Crippen LogP) is 3.09. The van der Waals surface area contributed by atoms with Gasteiger partial charge >= 0.3 is 0 Å². The minimum atomic E-state index is 0.179. The number of benzene rings is 1. The van der Waals surface area contributed by atoms with Crippen molar-refractivity contribution >= 4 is 0 Å². The quantitative estimate of drug-likeness (QED) is 0.895. The van der Waals surface area contributed by atoms with Crippen LogP contribution in [-0.2, 0) is 0 Å². The maximum Gasteiger partial charge on any atom is 0.0641 e. The molecular weight excluding hydrogens is 246 g/mol. The molecule has 0 aliphatic heterocycles. The smallest absolute Gasteiger partial charge is 0.0641 e. The summed E-state index contributed by atoms with van der Waals surface area (Å²) < 4.78 is 0. The lowest BCUT2D eigenvalue weighted by Gasteiger charge is -2.41. The van der Waals surface area contributed by atoms with Crippen molar-refractivity contribution in [3.63, 3.8) is 0 Å².